The lowest BCUT2D eigenvalue weighted by Crippen LogP contribution is -2.49. The van der Waals surface area contributed by atoms with Gasteiger partial charge in [-0.2, -0.15) is 0 Å². The van der Waals surface area contributed by atoms with E-state index >= 15 is 0 Å². The van der Waals surface area contributed by atoms with E-state index in [0.29, 0.717) is 26.1 Å². The van der Waals surface area contributed by atoms with E-state index in [-0.39, 0.29) is 5.69 Å². The highest BCUT2D eigenvalue weighted by Gasteiger charge is 2.34. The van der Waals surface area contributed by atoms with Gasteiger partial charge in [0.1, 0.15) is 10.7 Å². The SMILES string of the molecule is CC1(NS(=O)(=O)c2c(N)cccc2F)CCOCC1. The van der Waals surface area contributed by atoms with Crippen molar-refractivity contribution in [1.82, 2.24) is 4.72 Å². The first kappa shape index (κ1) is 14.2. The van der Waals surface area contributed by atoms with Crippen LogP contribution in [0.2, 0.25) is 0 Å². The molecule has 2 rings (SSSR count). The lowest BCUT2D eigenvalue weighted by atomic mass is 9.94. The molecule has 5 nitrogen and oxygen atoms in total. The summed E-state index contributed by atoms with van der Waals surface area (Å²) in [6.45, 7) is 2.74. The zero-order valence-electron chi connectivity index (χ0n) is 10.6. The molecule has 0 radical (unpaired) electrons. The molecule has 0 saturated carbocycles. The van der Waals surface area contributed by atoms with Gasteiger partial charge < -0.3 is 10.5 Å². The van der Waals surface area contributed by atoms with Crippen LogP contribution in [0.3, 0.4) is 0 Å². The van der Waals surface area contributed by atoms with E-state index in [1.165, 1.54) is 12.1 Å². The Hall–Kier alpha value is -1.18. The summed E-state index contributed by atoms with van der Waals surface area (Å²) in [5, 5.41) is 0. The van der Waals surface area contributed by atoms with Gasteiger partial charge in [0.2, 0.25) is 10.0 Å². The number of hydrogen-bond acceptors (Lipinski definition) is 4. The third-order valence-electron chi connectivity index (χ3n) is 3.24. The van der Waals surface area contributed by atoms with E-state index < -0.39 is 26.3 Å². The molecule has 0 bridgehead atoms. The molecule has 1 aliphatic rings. The topological polar surface area (TPSA) is 81.4 Å². The zero-order valence-corrected chi connectivity index (χ0v) is 11.5. The van der Waals surface area contributed by atoms with Crippen molar-refractivity contribution < 1.29 is 17.5 Å². The lowest BCUT2D eigenvalue weighted by molar-refractivity contribution is 0.0537. The minimum absolute atomic E-state index is 0.0943. The van der Waals surface area contributed by atoms with Gasteiger partial charge in [0.05, 0.1) is 5.69 Å². The Morgan fingerprint density at radius 1 is 1.37 bits per heavy atom. The number of benzene rings is 1. The molecule has 1 aromatic carbocycles. The zero-order chi connectivity index (χ0) is 14.1. The van der Waals surface area contributed by atoms with Crippen LogP contribution in [0, 0.1) is 5.82 Å². The first-order valence-electron chi connectivity index (χ1n) is 6.00. The summed E-state index contributed by atoms with van der Waals surface area (Å²) in [5.74, 6) is -0.844. The van der Waals surface area contributed by atoms with Crippen LogP contribution >= 0.6 is 0 Å². The van der Waals surface area contributed by atoms with Crippen molar-refractivity contribution >= 4 is 15.7 Å². The minimum atomic E-state index is -3.99. The Labute approximate surface area is 112 Å². The Morgan fingerprint density at radius 3 is 2.58 bits per heavy atom. The fourth-order valence-electron chi connectivity index (χ4n) is 2.11. The largest absolute Gasteiger partial charge is 0.398 e. The van der Waals surface area contributed by atoms with Gasteiger partial charge in [-0.15, -0.1) is 0 Å². The molecule has 0 amide bonds. The monoisotopic (exact) mass is 288 g/mol. The highest BCUT2D eigenvalue weighted by Crippen LogP contribution is 2.26. The maximum absolute atomic E-state index is 13.7. The van der Waals surface area contributed by atoms with E-state index in [1.54, 1.807) is 6.92 Å². The summed E-state index contributed by atoms with van der Waals surface area (Å²) >= 11 is 0. The standard InChI is InChI=1S/C12H17FN2O3S/c1-12(5-7-18-8-6-12)15-19(16,17)11-9(13)3-2-4-10(11)14/h2-4,15H,5-8,14H2,1H3. The van der Waals surface area contributed by atoms with Gasteiger partial charge in [-0.25, -0.2) is 17.5 Å². The molecule has 19 heavy (non-hydrogen) atoms. The van der Waals surface area contributed by atoms with Gasteiger partial charge >= 0.3 is 0 Å². The average Bonchev–Trinajstić information content (AvgIpc) is 2.27. The van der Waals surface area contributed by atoms with E-state index in [4.69, 9.17) is 10.5 Å². The molecule has 1 saturated heterocycles. The maximum Gasteiger partial charge on any atom is 0.246 e. The van der Waals surface area contributed by atoms with Gasteiger partial charge in [-0.3, -0.25) is 0 Å². The predicted molar refractivity (Wildman–Crippen MR) is 69.6 cm³/mol. The molecule has 3 N–H and O–H groups in total. The average molecular weight is 288 g/mol. The molecular weight excluding hydrogens is 271 g/mol. The first-order valence-corrected chi connectivity index (χ1v) is 7.48. The van der Waals surface area contributed by atoms with Crippen molar-refractivity contribution in [2.75, 3.05) is 18.9 Å². The van der Waals surface area contributed by atoms with Crippen molar-refractivity contribution in [1.29, 1.82) is 0 Å². The Bertz CT molecular complexity index is 548. The van der Waals surface area contributed by atoms with Gasteiger partial charge in [0.25, 0.3) is 0 Å². The number of sulfonamides is 1. The molecule has 0 atom stereocenters. The van der Waals surface area contributed by atoms with E-state index in [2.05, 4.69) is 4.72 Å². The summed E-state index contributed by atoms with van der Waals surface area (Å²) in [6, 6.07) is 3.82. The minimum Gasteiger partial charge on any atom is -0.398 e. The van der Waals surface area contributed by atoms with Crippen LogP contribution < -0.4 is 10.5 Å². The molecule has 0 spiro atoms. The molecule has 1 fully saturated rings. The number of nitrogens with one attached hydrogen (secondary N) is 1. The summed E-state index contributed by atoms with van der Waals surface area (Å²) in [7, 11) is -3.99. The normalized spacial score (nSPS) is 19.3. The maximum atomic E-state index is 13.7. The molecule has 0 unspecified atom stereocenters. The number of ether oxygens (including phenoxy) is 1. The number of hydrogen-bond donors (Lipinski definition) is 2. The predicted octanol–water partition coefficient (Wildman–Crippen LogP) is 1.26. The van der Waals surface area contributed by atoms with Crippen LogP contribution in [0.25, 0.3) is 0 Å². The van der Waals surface area contributed by atoms with Crippen LogP contribution in [0.4, 0.5) is 10.1 Å². The number of anilines is 1. The fraction of sp³-hybridized carbons (Fsp3) is 0.500. The molecular formula is C12H17FN2O3S. The van der Waals surface area contributed by atoms with Crippen LogP contribution in [0.1, 0.15) is 19.8 Å². The van der Waals surface area contributed by atoms with Crippen LogP contribution in [-0.4, -0.2) is 27.2 Å². The quantitative estimate of drug-likeness (QED) is 0.820. The van der Waals surface area contributed by atoms with E-state index in [1.807, 2.05) is 0 Å². The summed E-state index contributed by atoms with van der Waals surface area (Å²) < 4.78 is 46.0. The van der Waals surface area contributed by atoms with Crippen molar-refractivity contribution in [3.05, 3.63) is 24.0 Å². The van der Waals surface area contributed by atoms with E-state index in [9.17, 15) is 12.8 Å². The summed E-state index contributed by atoms with van der Waals surface area (Å²) in [5.41, 5.74) is 4.84. The Kier molecular flexibility index (Phi) is 3.80. The molecule has 7 heteroatoms. The highest BCUT2D eigenvalue weighted by molar-refractivity contribution is 7.89. The van der Waals surface area contributed by atoms with Gasteiger partial charge in [-0.1, -0.05) is 6.07 Å². The number of nitrogens with two attached hydrogens (primary N) is 1. The van der Waals surface area contributed by atoms with Gasteiger partial charge in [0.15, 0.2) is 0 Å². The first-order chi connectivity index (χ1) is 8.84. The summed E-state index contributed by atoms with van der Waals surface area (Å²) in [6.07, 6.45) is 1.08. The number of rotatable bonds is 3. The van der Waals surface area contributed by atoms with Crippen molar-refractivity contribution in [3.63, 3.8) is 0 Å². The lowest BCUT2D eigenvalue weighted by Gasteiger charge is -2.34. The van der Waals surface area contributed by atoms with E-state index in [0.717, 1.165) is 6.07 Å². The highest BCUT2D eigenvalue weighted by atomic mass is 32.2. The van der Waals surface area contributed by atoms with Crippen molar-refractivity contribution in [3.8, 4) is 0 Å². The van der Waals surface area contributed by atoms with Crippen LogP contribution in [-0.2, 0) is 14.8 Å². The molecule has 0 aliphatic carbocycles. The van der Waals surface area contributed by atoms with Gasteiger partial charge in [-0.05, 0) is 31.9 Å². The Morgan fingerprint density at radius 2 is 2.00 bits per heavy atom. The molecule has 1 aliphatic heterocycles. The summed E-state index contributed by atoms with van der Waals surface area (Å²) in [4.78, 5) is -0.484. The second-order valence-corrected chi connectivity index (χ2v) is 6.56. The van der Waals surface area contributed by atoms with Crippen LogP contribution in [0.5, 0.6) is 0 Å². The third-order valence-corrected chi connectivity index (χ3v) is 4.97. The van der Waals surface area contributed by atoms with Gasteiger partial charge in [0, 0.05) is 18.8 Å². The second-order valence-electron chi connectivity index (χ2n) is 4.94. The Balaban J connectivity index is 2.33. The van der Waals surface area contributed by atoms with Crippen molar-refractivity contribution in [2.24, 2.45) is 0 Å². The fourth-order valence-corrected chi connectivity index (χ4v) is 3.77. The number of halogens is 1. The van der Waals surface area contributed by atoms with Crippen LogP contribution in [0.15, 0.2) is 23.1 Å². The molecule has 106 valence electrons. The number of nitrogen functional groups attached to an aromatic ring is 1. The smallest absolute Gasteiger partial charge is 0.246 e. The molecule has 1 heterocycles. The third kappa shape index (κ3) is 3.05. The van der Waals surface area contributed by atoms with Crippen molar-refractivity contribution in [2.45, 2.75) is 30.2 Å². The molecule has 1 aromatic rings. The second kappa shape index (κ2) is 5.07. The molecule has 0 aromatic heterocycles.